The number of rotatable bonds is 5. The second kappa shape index (κ2) is 5.84. The first-order chi connectivity index (χ1) is 9.11. The zero-order chi connectivity index (χ0) is 13.8. The predicted molar refractivity (Wildman–Crippen MR) is 69.3 cm³/mol. The number of nitrogens with zero attached hydrogens (tertiary/aromatic N) is 2. The van der Waals surface area contributed by atoms with Crippen molar-refractivity contribution in [2.75, 3.05) is 0 Å². The number of hydrogen-bond acceptors (Lipinski definition) is 3. The fraction of sp³-hybridized carbons (Fsp3) is 0.357. The molecule has 5 heteroatoms. The van der Waals surface area contributed by atoms with Gasteiger partial charge in [-0.1, -0.05) is 0 Å². The Bertz CT molecular complexity index is 552. The highest BCUT2D eigenvalue weighted by Gasteiger charge is 2.11. The summed E-state index contributed by atoms with van der Waals surface area (Å²) in [7, 11) is 0. The van der Waals surface area contributed by atoms with Crippen LogP contribution in [-0.2, 0) is 13.2 Å². The lowest BCUT2D eigenvalue weighted by Gasteiger charge is -2.14. The molecular weight excluding hydrogens is 247 g/mol. The molecule has 102 valence electrons. The van der Waals surface area contributed by atoms with Gasteiger partial charge < -0.3 is 14.4 Å². The third-order valence-corrected chi connectivity index (χ3v) is 2.94. The second-order valence-electron chi connectivity index (χ2n) is 4.32. The molecule has 0 aliphatic heterocycles. The van der Waals surface area contributed by atoms with Crippen LogP contribution in [-0.4, -0.2) is 14.7 Å². The Kier molecular flexibility index (Phi) is 4.16. The Morgan fingerprint density at radius 1 is 1.47 bits per heavy atom. The average molecular weight is 264 g/mol. The lowest BCUT2D eigenvalue weighted by atomic mass is 10.1. The summed E-state index contributed by atoms with van der Waals surface area (Å²) >= 11 is 0. The van der Waals surface area contributed by atoms with Crippen LogP contribution in [0.4, 0.5) is 4.39 Å². The number of benzene rings is 1. The van der Waals surface area contributed by atoms with E-state index in [9.17, 15) is 9.50 Å². The van der Waals surface area contributed by atoms with E-state index < -0.39 is 6.10 Å². The van der Waals surface area contributed by atoms with Crippen molar-refractivity contribution in [3.05, 3.63) is 47.8 Å². The zero-order valence-electron chi connectivity index (χ0n) is 11.0. The van der Waals surface area contributed by atoms with Crippen LogP contribution in [0.25, 0.3) is 0 Å². The molecule has 1 heterocycles. The molecule has 0 aliphatic rings. The van der Waals surface area contributed by atoms with Crippen LogP contribution in [0, 0.1) is 5.82 Å². The van der Waals surface area contributed by atoms with Gasteiger partial charge in [-0.2, -0.15) is 0 Å². The third-order valence-electron chi connectivity index (χ3n) is 2.94. The van der Waals surface area contributed by atoms with E-state index in [4.69, 9.17) is 4.74 Å². The van der Waals surface area contributed by atoms with Gasteiger partial charge in [-0.25, -0.2) is 9.37 Å². The minimum atomic E-state index is -0.776. The molecule has 0 radical (unpaired) electrons. The van der Waals surface area contributed by atoms with Gasteiger partial charge in [-0.05, 0) is 32.0 Å². The Balaban J connectivity index is 2.15. The molecule has 0 bridgehead atoms. The number of aromatic nitrogens is 2. The Morgan fingerprint density at radius 2 is 2.26 bits per heavy atom. The number of ether oxygens (including phenoxy) is 1. The van der Waals surface area contributed by atoms with Gasteiger partial charge in [0.05, 0.1) is 24.3 Å². The van der Waals surface area contributed by atoms with Crippen molar-refractivity contribution in [2.24, 2.45) is 0 Å². The molecule has 1 unspecified atom stereocenters. The fourth-order valence-electron chi connectivity index (χ4n) is 1.88. The van der Waals surface area contributed by atoms with Crippen molar-refractivity contribution >= 4 is 0 Å². The summed E-state index contributed by atoms with van der Waals surface area (Å²) in [4.78, 5) is 4.05. The first-order valence-electron chi connectivity index (χ1n) is 6.21. The molecule has 2 aromatic rings. The molecule has 1 aromatic heterocycles. The SMILES string of the molecule is CCn1cncc1COc1ccc(F)cc1C(C)O. The highest BCUT2D eigenvalue weighted by Crippen LogP contribution is 2.26. The van der Waals surface area contributed by atoms with Crippen molar-refractivity contribution in [3.63, 3.8) is 0 Å². The van der Waals surface area contributed by atoms with Gasteiger partial charge in [0.15, 0.2) is 0 Å². The number of aliphatic hydroxyl groups is 1. The van der Waals surface area contributed by atoms with Gasteiger partial charge in [0, 0.05) is 12.1 Å². The second-order valence-corrected chi connectivity index (χ2v) is 4.32. The number of halogens is 1. The van der Waals surface area contributed by atoms with E-state index in [0.717, 1.165) is 12.2 Å². The molecule has 1 atom stereocenters. The van der Waals surface area contributed by atoms with Crippen molar-refractivity contribution in [2.45, 2.75) is 33.1 Å². The fourth-order valence-corrected chi connectivity index (χ4v) is 1.88. The minimum Gasteiger partial charge on any atom is -0.487 e. The summed E-state index contributed by atoms with van der Waals surface area (Å²) in [6, 6.07) is 4.14. The molecule has 2 rings (SSSR count). The number of hydrogen-bond donors (Lipinski definition) is 1. The largest absolute Gasteiger partial charge is 0.487 e. The van der Waals surface area contributed by atoms with Crippen LogP contribution in [0.2, 0.25) is 0 Å². The Morgan fingerprint density at radius 3 is 2.95 bits per heavy atom. The lowest BCUT2D eigenvalue weighted by molar-refractivity contribution is 0.189. The van der Waals surface area contributed by atoms with E-state index >= 15 is 0 Å². The first-order valence-corrected chi connectivity index (χ1v) is 6.21. The van der Waals surface area contributed by atoms with Gasteiger partial charge in [0.2, 0.25) is 0 Å². The summed E-state index contributed by atoms with van der Waals surface area (Å²) in [5, 5.41) is 9.62. The molecule has 0 amide bonds. The molecule has 1 N–H and O–H groups in total. The predicted octanol–water partition coefficient (Wildman–Crippen LogP) is 2.67. The van der Waals surface area contributed by atoms with Crippen molar-refractivity contribution in [1.29, 1.82) is 0 Å². The van der Waals surface area contributed by atoms with Crippen LogP contribution in [0.15, 0.2) is 30.7 Å². The Labute approximate surface area is 111 Å². The number of aliphatic hydroxyl groups excluding tert-OH is 1. The monoisotopic (exact) mass is 264 g/mol. The van der Waals surface area contributed by atoms with Crippen molar-refractivity contribution in [1.82, 2.24) is 9.55 Å². The van der Waals surface area contributed by atoms with Gasteiger partial charge in [0.1, 0.15) is 18.2 Å². The minimum absolute atomic E-state index is 0.333. The van der Waals surface area contributed by atoms with E-state index in [1.165, 1.54) is 18.2 Å². The first kappa shape index (κ1) is 13.5. The summed E-state index contributed by atoms with van der Waals surface area (Å²) in [6.45, 7) is 4.74. The molecule has 1 aromatic carbocycles. The van der Waals surface area contributed by atoms with Crippen LogP contribution in [0.3, 0.4) is 0 Å². The van der Waals surface area contributed by atoms with Crippen molar-refractivity contribution < 1.29 is 14.2 Å². The van der Waals surface area contributed by atoms with Gasteiger partial charge >= 0.3 is 0 Å². The number of aryl methyl sites for hydroxylation is 1. The summed E-state index contributed by atoms with van der Waals surface area (Å²) in [6.07, 6.45) is 2.69. The lowest BCUT2D eigenvalue weighted by Crippen LogP contribution is -2.06. The quantitative estimate of drug-likeness (QED) is 0.903. The van der Waals surface area contributed by atoms with Gasteiger partial charge in [-0.15, -0.1) is 0 Å². The van der Waals surface area contributed by atoms with E-state index in [1.54, 1.807) is 19.4 Å². The Hall–Kier alpha value is -1.88. The molecule has 0 fully saturated rings. The van der Waals surface area contributed by atoms with Gasteiger partial charge in [0.25, 0.3) is 0 Å². The summed E-state index contributed by atoms with van der Waals surface area (Å²) in [5.41, 5.74) is 1.38. The molecule has 19 heavy (non-hydrogen) atoms. The average Bonchev–Trinajstić information content (AvgIpc) is 2.84. The molecule has 0 spiro atoms. The van der Waals surface area contributed by atoms with E-state index in [-0.39, 0.29) is 5.82 Å². The van der Waals surface area contributed by atoms with E-state index in [1.807, 2.05) is 11.5 Å². The maximum absolute atomic E-state index is 13.2. The summed E-state index contributed by atoms with van der Waals surface area (Å²) < 4.78 is 20.8. The normalized spacial score (nSPS) is 12.4. The van der Waals surface area contributed by atoms with E-state index in [2.05, 4.69) is 4.98 Å². The zero-order valence-corrected chi connectivity index (χ0v) is 11.0. The molecule has 0 saturated carbocycles. The highest BCUT2D eigenvalue weighted by atomic mass is 19.1. The summed E-state index contributed by atoms with van der Waals surface area (Å²) in [5.74, 6) is 0.0992. The van der Waals surface area contributed by atoms with E-state index in [0.29, 0.717) is 17.9 Å². The van der Waals surface area contributed by atoms with Crippen molar-refractivity contribution in [3.8, 4) is 5.75 Å². The van der Waals surface area contributed by atoms with Crippen LogP contribution < -0.4 is 4.74 Å². The molecule has 0 saturated heterocycles. The molecule has 0 aliphatic carbocycles. The maximum Gasteiger partial charge on any atom is 0.130 e. The van der Waals surface area contributed by atoms with Gasteiger partial charge in [-0.3, -0.25) is 0 Å². The third kappa shape index (κ3) is 3.12. The van der Waals surface area contributed by atoms with Crippen LogP contribution >= 0.6 is 0 Å². The standard InChI is InChI=1S/C14H17FN2O2/c1-3-17-9-16-7-12(17)8-19-14-5-4-11(15)6-13(14)10(2)18/h4-7,9-10,18H,3,8H2,1-2H3. The molecular formula is C14H17FN2O2. The van der Waals surface area contributed by atoms with Crippen LogP contribution in [0.5, 0.6) is 5.75 Å². The molecule has 4 nitrogen and oxygen atoms in total. The highest BCUT2D eigenvalue weighted by molar-refractivity contribution is 5.35. The maximum atomic E-state index is 13.2. The topological polar surface area (TPSA) is 47.3 Å². The smallest absolute Gasteiger partial charge is 0.130 e. The number of imidazole rings is 1. The van der Waals surface area contributed by atoms with Crippen LogP contribution in [0.1, 0.15) is 31.2 Å².